The van der Waals surface area contributed by atoms with Gasteiger partial charge in [-0.1, -0.05) is 24.4 Å². The number of amides is 1. The lowest BCUT2D eigenvalue weighted by Gasteiger charge is -2.05. The molecule has 0 radical (unpaired) electrons. The van der Waals surface area contributed by atoms with Crippen molar-refractivity contribution in [1.29, 1.82) is 0 Å². The van der Waals surface area contributed by atoms with E-state index >= 15 is 0 Å². The average molecular weight is 260 g/mol. The van der Waals surface area contributed by atoms with Crippen LogP contribution in [0.4, 0.5) is 5.69 Å². The summed E-state index contributed by atoms with van der Waals surface area (Å²) in [6, 6.07) is 8.71. The Kier molecular flexibility index (Phi) is 3.38. The van der Waals surface area contributed by atoms with Crippen LogP contribution in [0.1, 0.15) is 16.1 Å². The van der Waals surface area contributed by atoms with Gasteiger partial charge in [0.1, 0.15) is 4.99 Å². The quantitative estimate of drug-likeness (QED) is 0.816. The molecule has 0 aliphatic rings. The molecule has 0 fully saturated rings. The van der Waals surface area contributed by atoms with E-state index in [4.69, 9.17) is 18.0 Å². The third-order valence-electron chi connectivity index (χ3n) is 2.35. The molecule has 18 heavy (non-hydrogen) atoms. The number of hydrogen-bond donors (Lipinski definition) is 2. The van der Waals surface area contributed by atoms with E-state index < -0.39 is 0 Å². The van der Waals surface area contributed by atoms with E-state index in [1.165, 1.54) is 0 Å². The van der Waals surface area contributed by atoms with Crippen molar-refractivity contribution >= 4 is 28.8 Å². The molecule has 3 N–H and O–H groups in total. The van der Waals surface area contributed by atoms with E-state index in [0.29, 0.717) is 21.9 Å². The molecule has 0 aliphatic carbocycles. The number of thiocarbonyl (C=S) groups is 1. The van der Waals surface area contributed by atoms with E-state index in [0.717, 1.165) is 0 Å². The lowest BCUT2D eigenvalue weighted by molar-refractivity contribution is 0.102. The predicted molar refractivity (Wildman–Crippen MR) is 73.5 cm³/mol. The number of aryl methyl sites for hydroxylation is 1. The zero-order valence-electron chi connectivity index (χ0n) is 9.75. The van der Waals surface area contributed by atoms with Crippen LogP contribution in [0.15, 0.2) is 36.5 Å². The molecule has 2 aromatic rings. The summed E-state index contributed by atoms with van der Waals surface area (Å²) < 4.78 is 1.57. The first kappa shape index (κ1) is 12.3. The fraction of sp³-hybridized carbons (Fsp3) is 0.0833. The van der Waals surface area contributed by atoms with Crippen LogP contribution >= 0.6 is 12.2 Å². The second-order valence-corrected chi connectivity index (χ2v) is 4.21. The number of anilines is 1. The summed E-state index contributed by atoms with van der Waals surface area (Å²) in [5.74, 6) is -0.268. The monoisotopic (exact) mass is 260 g/mol. The number of carbonyl (C=O) groups excluding carboxylic acids is 1. The largest absolute Gasteiger partial charge is 0.389 e. The van der Waals surface area contributed by atoms with Gasteiger partial charge in [-0.2, -0.15) is 5.10 Å². The lowest BCUT2D eigenvalue weighted by atomic mass is 10.2. The van der Waals surface area contributed by atoms with Crippen molar-refractivity contribution in [1.82, 2.24) is 9.78 Å². The van der Waals surface area contributed by atoms with Gasteiger partial charge in [-0.05, 0) is 18.2 Å². The Hall–Kier alpha value is -2.21. The Balaban J connectivity index is 2.16. The zero-order chi connectivity index (χ0) is 13.1. The average Bonchev–Trinajstić information content (AvgIpc) is 2.76. The van der Waals surface area contributed by atoms with Gasteiger partial charge in [0.05, 0.1) is 0 Å². The molecule has 0 unspecified atom stereocenters. The van der Waals surface area contributed by atoms with Crippen LogP contribution in [0, 0.1) is 0 Å². The number of nitrogens with two attached hydrogens (primary N) is 1. The second-order valence-electron chi connectivity index (χ2n) is 3.77. The fourth-order valence-corrected chi connectivity index (χ4v) is 1.61. The number of aromatic nitrogens is 2. The number of nitrogens with one attached hydrogen (secondary N) is 1. The maximum atomic E-state index is 11.9. The van der Waals surface area contributed by atoms with Crippen LogP contribution in [0.3, 0.4) is 0 Å². The van der Waals surface area contributed by atoms with Crippen molar-refractivity contribution in [3.63, 3.8) is 0 Å². The van der Waals surface area contributed by atoms with Gasteiger partial charge in [-0.15, -0.1) is 0 Å². The molecule has 0 saturated heterocycles. The summed E-state index contributed by atoms with van der Waals surface area (Å²) >= 11 is 4.88. The third-order valence-corrected chi connectivity index (χ3v) is 2.59. The van der Waals surface area contributed by atoms with E-state index in [2.05, 4.69) is 10.4 Å². The van der Waals surface area contributed by atoms with Gasteiger partial charge in [-0.3, -0.25) is 9.48 Å². The van der Waals surface area contributed by atoms with Gasteiger partial charge in [0.15, 0.2) is 5.69 Å². The van der Waals surface area contributed by atoms with Crippen LogP contribution in [-0.4, -0.2) is 20.7 Å². The molecular formula is C12H12N4OS. The summed E-state index contributed by atoms with van der Waals surface area (Å²) in [5, 5.41) is 6.76. The summed E-state index contributed by atoms with van der Waals surface area (Å²) in [4.78, 5) is 12.2. The molecule has 0 bridgehead atoms. The smallest absolute Gasteiger partial charge is 0.276 e. The summed E-state index contributed by atoms with van der Waals surface area (Å²) in [7, 11) is 1.75. The Morgan fingerprint density at radius 2 is 2.22 bits per heavy atom. The van der Waals surface area contributed by atoms with Crippen molar-refractivity contribution in [3.05, 3.63) is 47.8 Å². The first-order chi connectivity index (χ1) is 8.56. The molecular weight excluding hydrogens is 248 g/mol. The van der Waals surface area contributed by atoms with Crippen molar-refractivity contribution in [2.45, 2.75) is 0 Å². The van der Waals surface area contributed by atoms with Gasteiger partial charge >= 0.3 is 0 Å². The summed E-state index contributed by atoms with van der Waals surface area (Å²) in [6.07, 6.45) is 1.71. The molecule has 0 saturated carbocycles. The van der Waals surface area contributed by atoms with Crippen LogP contribution in [-0.2, 0) is 7.05 Å². The molecule has 0 aliphatic heterocycles. The minimum Gasteiger partial charge on any atom is -0.389 e. The molecule has 1 aromatic carbocycles. The highest BCUT2D eigenvalue weighted by Crippen LogP contribution is 2.11. The minimum absolute atomic E-state index is 0.268. The number of hydrogen-bond acceptors (Lipinski definition) is 3. The Morgan fingerprint density at radius 1 is 1.44 bits per heavy atom. The summed E-state index contributed by atoms with van der Waals surface area (Å²) in [6.45, 7) is 0. The molecule has 0 spiro atoms. The Labute approximate surface area is 110 Å². The molecule has 0 atom stereocenters. The van der Waals surface area contributed by atoms with Gasteiger partial charge in [0.2, 0.25) is 0 Å². The normalized spacial score (nSPS) is 10.1. The zero-order valence-corrected chi connectivity index (χ0v) is 10.6. The topological polar surface area (TPSA) is 72.9 Å². The molecule has 1 amide bonds. The Morgan fingerprint density at radius 3 is 2.83 bits per heavy atom. The van der Waals surface area contributed by atoms with E-state index in [9.17, 15) is 4.79 Å². The van der Waals surface area contributed by atoms with Crippen LogP contribution in [0.5, 0.6) is 0 Å². The number of benzene rings is 1. The number of nitrogens with zero attached hydrogens (tertiary/aromatic N) is 2. The van der Waals surface area contributed by atoms with Crippen LogP contribution < -0.4 is 11.1 Å². The number of rotatable bonds is 3. The second kappa shape index (κ2) is 4.97. The van der Waals surface area contributed by atoms with Crippen molar-refractivity contribution in [3.8, 4) is 0 Å². The van der Waals surface area contributed by atoms with Gasteiger partial charge in [0, 0.05) is 24.5 Å². The summed E-state index contributed by atoms with van der Waals surface area (Å²) in [5.41, 5.74) is 7.24. The highest BCUT2D eigenvalue weighted by atomic mass is 32.1. The maximum absolute atomic E-state index is 11.9. The molecule has 6 heteroatoms. The Bertz CT molecular complexity index is 606. The van der Waals surface area contributed by atoms with Crippen molar-refractivity contribution < 1.29 is 4.79 Å². The minimum atomic E-state index is -0.268. The van der Waals surface area contributed by atoms with E-state index in [-0.39, 0.29) is 5.91 Å². The van der Waals surface area contributed by atoms with Gasteiger partial charge in [0.25, 0.3) is 5.91 Å². The molecule has 92 valence electrons. The fourth-order valence-electron chi connectivity index (χ4n) is 1.48. The van der Waals surface area contributed by atoms with Crippen molar-refractivity contribution in [2.75, 3.05) is 5.32 Å². The van der Waals surface area contributed by atoms with Gasteiger partial charge < -0.3 is 11.1 Å². The first-order valence-electron chi connectivity index (χ1n) is 5.27. The molecule has 5 nitrogen and oxygen atoms in total. The van der Waals surface area contributed by atoms with E-state index in [1.54, 1.807) is 48.3 Å². The SMILES string of the molecule is Cn1ccc(C(=O)Nc2cccc(C(N)=S)c2)n1. The van der Waals surface area contributed by atoms with E-state index in [1.807, 2.05) is 0 Å². The van der Waals surface area contributed by atoms with Gasteiger partial charge in [-0.25, -0.2) is 0 Å². The highest BCUT2D eigenvalue weighted by Gasteiger charge is 2.09. The lowest BCUT2D eigenvalue weighted by Crippen LogP contribution is -2.14. The third kappa shape index (κ3) is 2.72. The predicted octanol–water partition coefficient (Wildman–Crippen LogP) is 1.31. The molecule has 1 aromatic heterocycles. The van der Waals surface area contributed by atoms with Crippen LogP contribution in [0.25, 0.3) is 0 Å². The molecule has 1 heterocycles. The first-order valence-corrected chi connectivity index (χ1v) is 5.68. The maximum Gasteiger partial charge on any atom is 0.276 e. The van der Waals surface area contributed by atoms with Crippen LogP contribution in [0.2, 0.25) is 0 Å². The number of carbonyl (C=O) groups is 1. The standard InChI is InChI=1S/C12H12N4OS/c1-16-6-5-10(15-16)12(17)14-9-4-2-3-8(7-9)11(13)18/h2-7H,1H3,(H2,13,18)(H,14,17). The molecule has 2 rings (SSSR count). The highest BCUT2D eigenvalue weighted by molar-refractivity contribution is 7.80. The van der Waals surface area contributed by atoms with Crippen molar-refractivity contribution in [2.24, 2.45) is 12.8 Å².